The molecule has 1 amide bonds. The first-order chi connectivity index (χ1) is 11.2. The third kappa shape index (κ3) is 4.30. The van der Waals surface area contributed by atoms with Gasteiger partial charge in [0, 0.05) is 52.7 Å². The SMILES string of the molecule is CC(=O)NCCN1CCN(Cc2cccc3ccccc23)CC1. The highest BCUT2D eigenvalue weighted by atomic mass is 16.1. The molecule has 1 aliphatic rings. The number of hydrogen-bond donors (Lipinski definition) is 1. The lowest BCUT2D eigenvalue weighted by Gasteiger charge is -2.34. The van der Waals surface area contributed by atoms with E-state index in [-0.39, 0.29) is 5.91 Å². The molecule has 122 valence electrons. The Bertz CT molecular complexity index is 657. The van der Waals surface area contributed by atoms with E-state index in [9.17, 15) is 4.79 Å². The minimum absolute atomic E-state index is 0.0552. The van der Waals surface area contributed by atoms with Crippen LogP contribution in [0.25, 0.3) is 10.8 Å². The van der Waals surface area contributed by atoms with E-state index in [1.807, 2.05) is 0 Å². The van der Waals surface area contributed by atoms with Crippen LogP contribution in [0.1, 0.15) is 12.5 Å². The van der Waals surface area contributed by atoms with Crippen LogP contribution in [0.15, 0.2) is 42.5 Å². The van der Waals surface area contributed by atoms with Gasteiger partial charge in [-0.15, -0.1) is 0 Å². The number of nitrogens with one attached hydrogen (secondary N) is 1. The Morgan fingerprint density at radius 2 is 1.70 bits per heavy atom. The summed E-state index contributed by atoms with van der Waals surface area (Å²) in [6, 6.07) is 15.2. The van der Waals surface area contributed by atoms with Crippen molar-refractivity contribution in [3.8, 4) is 0 Å². The summed E-state index contributed by atoms with van der Waals surface area (Å²) in [6.07, 6.45) is 0. The Labute approximate surface area is 138 Å². The molecule has 23 heavy (non-hydrogen) atoms. The predicted octanol–water partition coefficient (Wildman–Crippen LogP) is 2.09. The zero-order valence-corrected chi connectivity index (χ0v) is 13.8. The van der Waals surface area contributed by atoms with Gasteiger partial charge in [0.2, 0.25) is 5.91 Å². The molecule has 0 spiro atoms. The third-order valence-corrected chi connectivity index (χ3v) is 4.54. The Morgan fingerprint density at radius 3 is 2.48 bits per heavy atom. The van der Waals surface area contributed by atoms with Crippen LogP contribution in [0.4, 0.5) is 0 Å². The van der Waals surface area contributed by atoms with Crippen LogP contribution in [0.2, 0.25) is 0 Å². The smallest absolute Gasteiger partial charge is 0.216 e. The minimum atomic E-state index is 0.0552. The zero-order valence-electron chi connectivity index (χ0n) is 13.8. The topological polar surface area (TPSA) is 35.6 Å². The molecule has 1 N–H and O–H groups in total. The first-order valence-corrected chi connectivity index (χ1v) is 8.38. The van der Waals surface area contributed by atoms with E-state index in [4.69, 9.17) is 0 Å². The summed E-state index contributed by atoms with van der Waals surface area (Å²) < 4.78 is 0. The summed E-state index contributed by atoms with van der Waals surface area (Å²) in [5.41, 5.74) is 1.41. The van der Waals surface area contributed by atoms with Crippen molar-refractivity contribution >= 4 is 16.7 Å². The molecule has 0 bridgehead atoms. The van der Waals surface area contributed by atoms with E-state index in [1.165, 1.54) is 16.3 Å². The molecule has 4 nitrogen and oxygen atoms in total. The zero-order chi connectivity index (χ0) is 16.1. The van der Waals surface area contributed by atoms with Crippen molar-refractivity contribution in [3.63, 3.8) is 0 Å². The number of amides is 1. The molecule has 1 saturated heterocycles. The molecule has 0 aromatic heterocycles. The number of carbonyl (C=O) groups is 1. The number of rotatable bonds is 5. The molecule has 0 saturated carbocycles. The van der Waals surface area contributed by atoms with Crippen molar-refractivity contribution in [2.45, 2.75) is 13.5 Å². The van der Waals surface area contributed by atoms with Crippen molar-refractivity contribution < 1.29 is 4.79 Å². The quantitative estimate of drug-likeness (QED) is 0.918. The van der Waals surface area contributed by atoms with Crippen LogP contribution in [-0.2, 0) is 11.3 Å². The maximum Gasteiger partial charge on any atom is 0.216 e. The fourth-order valence-corrected chi connectivity index (χ4v) is 3.23. The molecule has 4 heteroatoms. The number of hydrogen-bond acceptors (Lipinski definition) is 3. The maximum atomic E-state index is 10.9. The monoisotopic (exact) mass is 311 g/mol. The molecule has 1 fully saturated rings. The lowest BCUT2D eigenvalue weighted by atomic mass is 10.0. The van der Waals surface area contributed by atoms with Crippen molar-refractivity contribution in [3.05, 3.63) is 48.0 Å². The molecule has 0 unspecified atom stereocenters. The van der Waals surface area contributed by atoms with Gasteiger partial charge in [0.05, 0.1) is 0 Å². The number of nitrogens with zero attached hydrogens (tertiary/aromatic N) is 2. The standard InChI is InChI=1S/C19H25N3O/c1-16(23)20-9-10-21-11-13-22(14-12-21)15-18-7-4-6-17-5-2-3-8-19(17)18/h2-8H,9-15H2,1H3,(H,20,23). The van der Waals surface area contributed by atoms with Crippen molar-refractivity contribution in [1.82, 2.24) is 15.1 Å². The number of benzene rings is 2. The van der Waals surface area contributed by atoms with Crippen LogP contribution < -0.4 is 5.32 Å². The molecular weight excluding hydrogens is 286 g/mol. The number of carbonyl (C=O) groups excluding carboxylic acids is 1. The van der Waals surface area contributed by atoms with Crippen LogP contribution in [0, 0.1) is 0 Å². The third-order valence-electron chi connectivity index (χ3n) is 4.54. The number of piperazine rings is 1. The average Bonchev–Trinajstić information content (AvgIpc) is 2.56. The van der Waals surface area contributed by atoms with E-state index in [2.05, 4.69) is 57.6 Å². The summed E-state index contributed by atoms with van der Waals surface area (Å²) in [5.74, 6) is 0.0552. The molecule has 0 radical (unpaired) electrons. The lowest BCUT2D eigenvalue weighted by Crippen LogP contribution is -2.47. The normalized spacial score (nSPS) is 16.6. The second kappa shape index (κ2) is 7.57. The molecule has 1 heterocycles. The van der Waals surface area contributed by atoms with Gasteiger partial charge >= 0.3 is 0 Å². The fourth-order valence-electron chi connectivity index (χ4n) is 3.23. The van der Waals surface area contributed by atoms with Gasteiger partial charge in [-0.2, -0.15) is 0 Å². The van der Waals surface area contributed by atoms with E-state index in [0.29, 0.717) is 0 Å². The van der Waals surface area contributed by atoms with Gasteiger partial charge in [0.25, 0.3) is 0 Å². The van der Waals surface area contributed by atoms with E-state index in [1.54, 1.807) is 6.92 Å². The molecule has 0 aliphatic carbocycles. The Morgan fingerprint density at radius 1 is 1.00 bits per heavy atom. The highest BCUT2D eigenvalue weighted by molar-refractivity contribution is 5.85. The van der Waals surface area contributed by atoms with Gasteiger partial charge in [-0.25, -0.2) is 0 Å². The summed E-state index contributed by atoms with van der Waals surface area (Å²) in [4.78, 5) is 15.9. The van der Waals surface area contributed by atoms with Gasteiger partial charge in [0.15, 0.2) is 0 Å². The molecule has 3 rings (SSSR count). The highest BCUT2D eigenvalue weighted by Crippen LogP contribution is 2.20. The fraction of sp³-hybridized carbons (Fsp3) is 0.421. The van der Waals surface area contributed by atoms with Gasteiger partial charge in [-0.1, -0.05) is 42.5 Å². The minimum Gasteiger partial charge on any atom is -0.355 e. The highest BCUT2D eigenvalue weighted by Gasteiger charge is 2.17. The molecule has 0 atom stereocenters. The maximum absolute atomic E-state index is 10.9. The average molecular weight is 311 g/mol. The molecular formula is C19H25N3O. The Kier molecular flexibility index (Phi) is 5.26. The summed E-state index contributed by atoms with van der Waals surface area (Å²) >= 11 is 0. The van der Waals surface area contributed by atoms with E-state index >= 15 is 0 Å². The molecule has 2 aromatic carbocycles. The van der Waals surface area contributed by atoms with Gasteiger partial charge in [-0.3, -0.25) is 14.6 Å². The molecule has 2 aromatic rings. The van der Waals surface area contributed by atoms with Gasteiger partial charge < -0.3 is 5.32 Å². The lowest BCUT2D eigenvalue weighted by molar-refractivity contribution is -0.119. The second-order valence-corrected chi connectivity index (χ2v) is 6.24. The van der Waals surface area contributed by atoms with Crippen LogP contribution >= 0.6 is 0 Å². The summed E-state index contributed by atoms with van der Waals surface area (Å²) in [6.45, 7) is 8.60. The first-order valence-electron chi connectivity index (χ1n) is 8.38. The number of fused-ring (bicyclic) bond motifs is 1. The largest absolute Gasteiger partial charge is 0.355 e. The van der Waals surface area contributed by atoms with Gasteiger partial charge in [0.1, 0.15) is 0 Å². The Balaban J connectivity index is 1.53. The second-order valence-electron chi connectivity index (χ2n) is 6.24. The van der Waals surface area contributed by atoms with Gasteiger partial charge in [-0.05, 0) is 16.3 Å². The van der Waals surface area contributed by atoms with Crippen molar-refractivity contribution in [2.24, 2.45) is 0 Å². The first kappa shape index (κ1) is 16.0. The Hall–Kier alpha value is -1.91. The van der Waals surface area contributed by atoms with Crippen molar-refractivity contribution in [2.75, 3.05) is 39.3 Å². The molecule has 1 aliphatic heterocycles. The summed E-state index contributed by atoms with van der Waals surface area (Å²) in [7, 11) is 0. The van der Waals surface area contributed by atoms with E-state index < -0.39 is 0 Å². The van der Waals surface area contributed by atoms with E-state index in [0.717, 1.165) is 45.8 Å². The van der Waals surface area contributed by atoms with Crippen LogP contribution in [0.3, 0.4) is 0 Å². The predicted molar refractivity (Wildman–Crippen MR) is 94.3 cm³/mol. The van der Waals surface area contributed by atoms with Crippen molar-refractivity contribution in [1.29, 1.82) is 0 Å². The summed E-state index contributed by atoms with van der Waals surface area (Å²) in [5, 5.41) is 5.55. The van der Waals surface area contributed by atoms with Crippen LogP contribution in [-0.4, -0.2) is 55.0 Å². The van der Waals surface area contributed by atoms with Crippen LogP contribution in [0.5, 0.6) is 0 Å².